The third-order valence-electron chi connectivity index (χ3n) is 6.05. The second kappa shape index (κ2) is 10.6. The molecule has 3 aromatic rings. The number of hydrogen-bond donors (Lipinski definition) is 1. The van der Waals surface area contributed by atoms with Crippen LogP contribution >= 0.6 is 12.2 Å². The van der Waals surface area contributed by atoms with Crippen LogP contribution in [0.15, 0.2) is 54.6 Å². The second-order valence-corrected chi connectivity index (χ2v) is 8.79. The number of carbonyl (C=O) groups is 2. The number of nitrogens with zero attached hydrogens (tertiary/aromatic N) is 4. The topological polar surface area (TPSA) is 74.2 Å². The Labute approximate surface area is 199 Å². The van der Waals surface area contributed by atoms with Crippen molar-refractivity contribution in [1.29, 1.82) is 0 Å². The Hall–Kier alpha value is -3.26. The van der Waals surface area contributed by atoms with Crippen LogP contribution in [-0.4, -0.2) is 62.6 Å². The molecule has 1 N–H and O–H groups in total. The highest BCUT2D eigenvalue weighted by Crippen LogP contribution is 2.18. The minimum Gasteiger partial charge on any atom is -0.339 e. The Morgan fingerprint density at radius 1 is 0.939 bits per heavy atom. The third kappa shape index (κ3) is 5.76. The summed E-state index contributed by atoms with van der Waals surface area (Å²) >= 11 is 5.37. The first kappa shape index (κ1) is 22.9. The van der Waals surface area contributed by atoms with Crippen LogP contribution in [0.3, 0.4) is 0 Å². The first-order chi connectivity index (χ1) is 16.0. The second-order valence-electron chi connectivity index (χ2n) is 8.41. The Balaban J connectivity index is 1.28. The summed E-state index contributed by atoms with van der Waals surface area (Å²) in [5.74, 6) is 0.800. The summed E-state index contributed by atoms with van der Waals surface area (Å²) in [4.78, 5) is 29.2. The van der Waals surface area contributed by atoms with Gasteiger partial charge in [-0.3, -0.25) is 19.3 Å². The first-order valence-electron chi connectivity index (χ1n) is 11.3. The normalized spacial score (nSPS) is 13.8. The van der Waals surface area contributed by atoms with E-state index in [4.69, 9.17) is 12.2 Å². The third-order valence-corrected chi connectivity index (χ3v) is 6.36. The molecule has 0 atom stereocenters. The number of H-pyrrole nitrogens is 1. The zero-order chi connectivity index (χ0) is 23.2. The number of amides is 2. The lowest BCUT2D eigenvalue weighted by Gasteiger charge is -2.35. The lowest BCUT2D eigenvalue weighted by Crippen LogP contribution is -2.51. The summed E-state index contributed by atoms with van der Waals surface area (Å²) in [6.07, 6.45) is 2.27. The minimum atomic E-state index is -0.0166. The van der Waals surface area contributed by atoms with E-state index < -0.39 is 0 Å². The lowest BCUT2D eigenvalue weighted by atomic mass is 10.1. The minimum absolute atomic E-state index is 0.0166. The molecule has 7 nitrogen and oxygen atoms in total. The fourth-order valence-corrected chi connectivity index (χ4v) is 4.27. The van der Waals surface area contributed by atoms with Gasteiger partial charge in [0.25, 0.3) is 0 Å². The Morgan fingerprint density at radius 3 is 2.24 bits per heavy atom. The van der Waals surface area contributed by atoms with Crippen molar-refractivity contribution in [1.82, 2.24) is 24.6 Å². The quantitative estimate of drug-likeness (QED) is 0.543. The summed E-state index contributed by atoms with van der Waals surface area (Å²) < 4.78 is 2.16. The van der Waals surface area contributed by atoms with Gasteiger partial charge in [-0.1, -0.05) is 60.2 Å². The van der Waals surface area contributed by atoms with E-state index in [0.29, 0.717) is 43.2 Å². The van der Waals surface area contributed by atoms with Gasteiger partial charge in [0.1, 0.15) is 6.54 Å². The number of piperazine rings is 1. The molecule has 0 spiro atoms. The van der Waals surface area contributed by atoms with Gasteiger partial charge in [-0.05, 0) is 37.5 Å². The molecule has 2 aromatic carbocycles. The van der Waals surface area contributed by atoms with Crippen molar-refractivity contribution in [2.45, 2.75) is 32.7 Å². The van der Waals surface area contributed by atoms with Crippen LogP contribution in [0.1, 0.15) is 24.0 Å². The maximum atomic E-state index is 13.0. The summed E-state index contributed by atoms with van der Waals surface area (Å²) in [6, 6.07) is 18.2. The molecule has 33 heavy (non-hydrogen) atoms. The van der Waals surface area contributed by atoms with Crippen LogP contribution < -0.4 is 0 Å². The summed E-state index contributed by atoms with van der Waals surface area (Å²) in [5, 5.41) is 7.13. The van der Waals surface area contributed by atoms with E-state index in [2.05, 4.69) is 22.3 Å². The average Bonchev–Trinajstić information content (AvgIpc) is 3.20. The Kier molecular flexibility index (Phi) is 7.34. The van der Waals surface area contributed by atoms with Crippen molar-refractivity contribution >= 4 is 24.0 Å². The monoisotopic (exact) mass is 463 g/mol. The lowest BCUT2D eigenvalue weighted by molar-refractivity contribution is -0.140. The van der Waals surface area contributed by atoms with Crippen LogP contribution in [0, 0.1) is 11.7 Å². The summed E-state index contributed by atoms with van der Waals surface area (Å²) in [5.41, 5.74) is 3.32. The van der Waals surface area contributed by atoms with Crippen LogP contribution in [0.25, 0.3) is 11.4 Å². The molecule has 172 valence electrons. The molecule has 0 saturated carbocycles. The number of aromatic amines is 1. The van der Waals surface area contributed by atoms with Crippen LogP contribution in [-0.2, 0) is 22.6 Å². The molecule has 1 aliphatic rings. The van der Waals surface area contributed by atoms with E-state index in [1.807, 2.05) is 54.3 Å². The van der Waals surface area contributed by atoms with Crippen molar-refractivity contribution in [2.24, 2.45) is 0 Å². The van der Waals surface area contributed by atoms with Crippen molar-refractivity contribution < 1.29 is 9.59 Å². The molecule has 2 heterocycles. The molecular weight excluding hydrogens is 434 g/mol. The van der Waals surface area contributed by atoms with Crippen molar-refractivity contribution in [3.05, 3.63) is 70.5 Å². The van der Waals surface area contributed by atoms with Gasteiger partial charge in [0.15, 0.2) is 10.6 Å². The molecule has 1 saturated heterocycles. The highest BCUT2D eigenvalue weighted by molar-refractivity contribution is 7.71. The van der Waals surface area contributed by atoms with E-state index in [1.54, 1.807) is 9.47 Å². The molecule has 1 aliphatic heterocycles. The maximum Gasteiger partial charge on any atom is 0.242 e. The highest BCUT2D eigenvalue weighted by atomic mass is 32.1. The molecule has 0 unspecified atom stereocenters. The van der Waals surface area contributed by atoms with Crippen LogP contribution in [0.5, 0.6) is 0 Å². The number of hydrogen-bond acceptors (Lipinski definition) is 4. The van der Waals surface area contributed by atoms with E-state index in [0.717, 1.165) is 24.0 Å². The van der Waals surface area contributed by atoms with Gasteiger partial charge >= 0.3 is 0 Å². The van der Waals surface area contributed by atoms with Crippen LogP contribution in [0.2, 0.25) is 0 Å². The van der Waals surface area contributed by atoms with Crippen LogP contribution in [0.4, 0.5) is 0 Å². The van der Waals surface area contributed by atoms with Crippen molar-refractivity contribution in [3.8, 4) is 11.4 Å². The zero-order valence-electron chi connectivity index (χ0n) is 18.9. The molecule has 0 radical (unpaired) electrons. The van der Waals surface area contributed by atoms with Crippen molar-refractivity contribution in [2.75, 3.05) is 26.2 Å². The largest absolute Gasteiger partial charge is 0.339 e. The predicted octanol–water partition coefficient (Wildman–Crippen LogP) is 3.61. The fourth-order valence-electron chi connectivity index (χ4n) is 4.07. The molecule has 2 amide bonds. The Morgan fingerprint density at radius 2 is 1.58 bits per heavy atom. The van der Waals surface area contributed by atoms with E-state index >= 15 is 0 Å². The molecule has 1 fully saturated rings. The fraction of sp³-hybridized carbons (Fsp3) is 0.360. The van der Waals surface area contributed by atoms with Gasteiger partial charge in [0.2, 0.25) is 11.8 Å². The number of benzene rings is 2. The average molecular weight is 464 g/mol. The number of carbonyl (C=O) groups excluding carboxylic acids is 2. The van der Waals surface area contributed by atoms with Gasteiger partial charge in [-0.15, -0.1) is 0 Å². The predicted molar refractivity (Wildman–Crippen MR) is 130 cm³/mol. The van der Waals surface area contributed by atoms with E-state index in [9.17, 15) is 9.59 Å². The number of nitrogens with one attached hydrogen (secondary N) is 1. The first-order valence-corrected chi connectivity index (χ1v) is 11.7. The maximum absolute atomic E-state index is 13.0. The molecule has 4 rings (SSSR count). The highest BCUT2D eigenvalue weighted by Gasteiger charge is 2.25. The molecular formula is C25H29N5O2S. The number of aryl methyl sites for hydroxylation is 2. The molecule has 0 bridgehead atoms. The van der Waals surface area contributed by atoms with Gasteiger partial charge < -0.3 is 9.80 Å². The summed E-state index contributed by atoms with van der Waals surface area (Å²) in [7, 11) is 0. The molecule has 8 heteroatoms. The molecule has 0 aliphatic carbocycles. The van der Waals surface area contributed by atoms with Gasteiger partial charge in [-0.2, -0.15) is 5.10 Å². The number of rotatable bonds is 7. The Bertz CT molecular complexity index is 1150. The summed E-state index contributed by atoms with van der Waals surface area (Å²) in [6.45, 7) is 4.36. The van der Waals surface area contributed by atoms with Gasteiger partial charge in [0, 0.05) is 38.2 Å². The van der Waals surface area contributed by atoms with Gasteiger partial charge in [-0.25, -0.2) is 0 Å². The zero-order valence-corrected chi connectivity index (χ0v) is 19.7. The van der Waals surface area contributed by atoms with E-state index in [1.165, 1.54) is 5.56 Å². The van der Waals surface area contributed by atoms with E-state index in [-0.39, 0.29) is 18.4 Å². The molecule has 1 aromatic heterocycles. The number of aromatic nitrogens is 3. The SMILES string of the molecule is Cc1ccc(-c2n[nH]c(=S)n2CC(=O)N2CCN(C(=O)CCCc3ccccc3)CC2)cc1. The standard InChI is InChI=1S/C25H29N5O2S/c1-19-10-12-21(13-11-19)24-26-27-25(33)30(24)18-23(32)29-16-14-28(15-17-29)22(31)9-5-8-20-6-3-2-4-7-20/h2-4,6-7,10-13H,5,8-9,14-18H2,1H3,(H,27,33). The van der Waals surface area contributed by atoms with Gasteiger partial charge in [0.05, 0.1) is 0 Å². The van der Waals surface area contributed by atoms with Crippen molar-refractivity contribution in [3.63, 3.8) is 0 Å². The smallest absolute Gasteiger partial charge is 0.242 e.